The molecule has 18 nitrogen and oxygen atoms in total. The molecule has 0 aromatic rings. The SMILES string of the molecule is CO[C@H]1C[C@@H]2CC[C@@H](C)[C@@](O)(O2)C(=O)C(=O)N2CCCC[C@H]2C(=O)O[C@H]([C@H](N)C[C@@H]2CC[C@@H](O)[C@H](OC)C2)C/C(=N/OCC(=O)O)[C@H](C)/C=C(\C)[C@@H](O)[C@@H](O)C(=O)[C@H](C)C[C@H](C)/C=C/C=CC=C1C. The van der Waals surface area contributed by atoms with E-state index in [0.717, 1.165) is 10.5 Å². The van der Waals surface area contributed by atoms with Crippen LogP contribution < -0.4 is 5.73 Å². The van der Waals surface area contributed by atoms with Gasteiger partial charge in [-0.2, -0.15) is 0 Å². The van der Waals surface area contributed by atoms with Crippen molar-refractivity contribution in [2.45, 2.75) is 179 Å². The zero-order chi connectivity index (χ0) is 51.2. The van der Waals surface area contributed by atoms with Crippen LogP contribution in [0.2, 0.25) is 0 Å². The first-order valence-corrected chi connectivity index (χ1v) is 24.6. The van der Waals surface area contributed by atoms with Crippen molar-refractivity contribution in [3.63, 3.8) is 0 Å². The Balaban J connectivity index is 1.77. The number of carboxylic acids is 1. The van der Waals surface area contributed by atoms with Crippen LogP contribution in [0.1, 0.15) is 119 Å². The monoisotopic (exact) mass is 974 g/mol. The molecule has 0 unspecified atom stereocenters. The molecule has 7 N–H and O–H groups in total. The lowest BCUT2D eigenvalue weighted by molar-refractivity contribution is -0.265. The molecule has 69 heavy (non-hydrogen) atoms. The Labute approximate surface area is 407 Å². The van der Waals surface area contributed by atoms with E-state index in [1.54, 1.807) is 34.0 Å². The number of carbonyl (C=O) groups is 5. The fourth-order valence-corrected chi connectivity index (χ4v) is 9.98. The standard InChI is InChI=1S/C51H79N3O15/c1-29-14-10-9-11-15-30(2)41(65-7)26-36-19-17-34(6)51(64,69-36)48(61)49(62)54-21-13-12-16-39(54)50(63)68-42(37(52)24-35-18-20-40(55)43(25-35)66-8)27-38(53-67-28-44(56)57)31(3)23-33(5)46(59)47(60)45(58)32(4)22-29/h9-11,14-15,23,29,31-32,34-37,39-43,46-47,55,59-60,64H,12-13,16-22,24-28,52H2,1-8H3,(H,56,57)/b11-9?,14-10+,30-15?,33-23+,53-38-/t29-,31-,32-,34-,35+,36+,37-,39+,40-,41+,42+,43-,46-,47+,51-/m1/s1. The molecule has 388 valence electrons. The van der Waals surface area contributed by atoms with Crippen LogP contribution in [0.3, 0.4) is 0 Å². The van der Waals surface area contributed by atoms with Crippen LogP contribution >= 0.6 is 0 Å². The molecule has 0 aromatic heterocycles. The number of piperidine rings is 1. The van der Waals surface area contributed by atoms with E-state index in [0.29, 0.717) is 57.8 Å². The Morgan fingerprint density at radius 1 is 0.913 bits per heavy atom. The number of aliphatic hydroxyl groups is 4. The van der Waals surface area contributed by atoms with E-state index in [4.69, 9.17) is 29.5 Å². The molecule has 0 spiro atoms. The predicted octanol–water partition coefficient (Wildman–Crippen LogP) is 4.11. The fourth-order valence-electron chi connectivity index (χ4n) is 9.98. The number of rotatable bonds is 8. The van der Waals surface area contributed by atoms with Crippen LogP contribution in [0.25, 0.3) is 0 Å². The van der Waals surface area contributed by atoms with Gasteiger partial charge in [-0.05, 0) is 101 Å². The number of methoxy groups -OCH3 is 2. The number of hydrogen-bond acceptors (Lipinski definition) is 16. The first-order valence-electron chi connectivity index (χ1n) is 24.6. The van der Waals surface area contributed by atoms with E-state index < -0.39 is 114 Å². The average molecular weight is 974 g/mol. The van der Waals surface area contributed by atoms with E-state index in [9.17, 15) is 49.5 Å². The third kappa shape index (κ3) is 15.9. The summed E-state index contributed by atoms with van der Waals surface area (Å²) >= 11 is 0. The summed E-state index contributed by atoms with van der Waals surface area (Å²) in [4.78, 5) is 74.5. The van der Waals surface area contributed by atoms with Crippen molar-refractivity contribution < 1.29 is 73.3 Å². The second-order valence-corrected chi connectivity index (χ2v) is 19.8. The molecule has 3 aliphatic heterocycles. The van der Waals surface area contributed by atoms with Crippen molar-refractivity contribution in [1.82, 2.24) is 4.90 Å². The van der Waals surface area contributed by atoms with Crippen LogP contribution in [0.15, 0.2) is 52.8 Å². The van der Waals surface area contributed by atoms with E-state index in [2.05, 4.69) is 5.16 Å². The lowest BCUT2D eigenvalue weighted by atomic mass is 9.80. The number of allylic oxidation sites excluding steroid dienone is 6. The van der Waals surface area contributed by atoms with Gasteiger partial charge in [-0.15, -0.1) is 0 Å². The van der Waals surface area contributed by atoms with Gasteiger partial charge >= 0.3 is 11.9 Å². The van der Waals surface area contributed by atoms with Crippen molar-refractivity contribution in [2.75, 3.05) is 27.4 Å². The maximum Gasteiger partial charge on any atom is 0.344 e. The lowest BCUT2D eigenvalue weighted by Crippen LogP contribution is -2.61. The van der Waals surface area contributed by atoms with Crippen LogP contribution in [-0.2, 0) is 47.8 Å². The number of aliphatic hydroxyl groups excluding tert-OH is 3. The van der Waals surface area contributed by atoms with E-state index in [1.807, 2.05) is 44.2 Å². The third-order valence-electron chi connectivity index (χ3n) is 14.4. The molecule has 18 heteroatoms. The van der Waals surface area contributed by atoms with Crippen LogP contribution in [0.5, 0.6) is 0 Å². The van der Waals surface area contributed by atoms with E-state index >= 15 is 0 Å². The number of hydrogen-bond donors (Lipinski definition) is 6. The molecular formula is C51H79N3O15. The van der Waals surface area contributed by atoms with Crippen molar-refractivity contribution in [3.05, 3.63) is 47.6 Å². The molecule has 0 radical (unpaired) electrons. The van der Waals surface area contributed by atoms with Gasteiger partial charge in [0.15, 0.2) is 5.78 Å². The van der Waals surface area contributed by atoms with Crippen molar-refractivity contribution in [2.24, 2.45) is 40.5 Å². The molecule has 3 heterocycles. The van der Waals surface area contributed by atoms with Crippen LogP contribution in [-0.4, -0.2) is 154 Å². The molecule has 2 saturated heterocycles. The number of ether oxygens (including phenoxy) is 4. The number of cyclic esters (lactones) is 1. The number of nitrogens with zero attached hydrogens (tertiary/aromatic N) is 2. The summed E-state index contributed by atoms with van der Waals surface area (Å²) in [5.41, 5.74) is 8.13. The van der Waals surface area contributed by atoms with Crippen molar-refractivity contribution >= 4 is 35.1 Å². The maximum atomic E-state index is 14.5. The summed E-state index contributed by atoms with van der Waals surface area (Å²) in [6.45, 7) is 9.53. The fraction of sp³-hybridized carbons (Fsp3) is 0.725. The minimum Gasteiger partial charge on any atom is -0.479 e. The Bertz CT molecular complexity index is 1920. The van der Waals surface area contributed by atoms with Crippen molar-refractivity contribution in [1.29, 1.82) is 0 Å². The van der Waals surface area contributed by atoms with Gasteiger partial charge in [0.1, 0.15) is 24.4 Å². The summed E-state index contributed by atoms with van der Waals surface area (Å²) in [6, 6.07) is -2.14. The number of nitrogens with two attached hydrogens (primary N) is 1. The summed E-state index contributed by atoms with van der Waals surface area (Å²) in [5.74, 6) is -9.81. The van der Waals surface area contributed by atoms with Gasteiger partial charge in [-0.3, -0.25) is 14.4 Å². The number of ketones is 2. The lowest BCUT2D eigenvalue weighted by Gasteiger charge is -2.42. The highest BCUT2D eigenvalue weighted by Gasteiger charge is 2.53. The molecular weight excluding hydrogens is 895 g/mol. The Kier molecular flexibility index (Phi) is 22.4. The third-order valence-corrected chi connectivity index (χ3v) is 14.4. The van der Waals surface area contributed by atoms with Gasteiger partial charge in [-0.1, -0.05) is 69.3 Å². The van der Waals surface area contributed by atoms with Gasteiger partial charge in [0.25, 0.3) is 11.7 Å². The molecule has 1 saturated carbocycles. The largest absolute Gasteiger partial charge is 0.479 e. The second kappa shape index (κ2) is 26.9. The minimum atomic E-state index is -2.49. The summed E-state index contributed by atoms with van der Waals surface area (Å²) in [5, 5.41) is 58.5. The summed E-state index contributed by atoms with van der Waals surface area (Å²) in [6.07, 6.45) is 8.27. The normalized spacial score (nSPS) is 38.0. The number of Topliss-reactive ketones (excluding diaryl/α,β-unsaturated/α-hetero) is 2. The Morgan fingerprint density at radius 3 is 2.32 bits per heavy atom. The molecule has 4 aliphatic rings. The van der Waals surface area contributed by atoms with Crippen molar-refractivity contribution in [3.8, 4) is 0 Å². The summed E-state index contributed by atoms with van der Waals surface area (Å²) < 4.78 is 23.7. The highest BCUT2D eigenvalue weighted by atomic mass is 16.6. The zero-order valence-corrected chi connectivity index (χ0v) is 41.7. The number of aliphatic carboxylic acids is 1. The van der Waals surface area contributed by atoms with Crippen LogP contribution in [0, 0.1) is 29.6 Å². The highest BCUT2D eigenvalue weighted by Crippen LogP contribution is 2.37. The number of oxime groups is 1. The Morgan fingerprint density at radius 2 is 1.64 bits per heavy atom. The van der Waals surface area contributed by atoms with Gasteiger partial charge < -0.3 is 60.0 Å². The molecule has 1 aliphatic carbocycles. The quantitative estimate of drug-likeness (QED) is 0.0865. The molecule has 0 aromatic carbocycles. The molecule has 15 atom stereocenters. The van der Waals surface area contributed by atoms with Gasteiger partial charge in [0.2, 0.25) is 12.4 Å². The molecule has 3 fully saturated rings. The highest BCUT2D eigenvalue weighted by molar-refractivity contribution is 6.39. The first-order chi connectivity index (χ1) is 32.6. The number of carboxylic acid groups (broad SMARTS) is 1. The van der Waals surface area contributed by atoms with E-state index in [1.165, 1.54) is 14.0 Å². The number of esters is 1. The summed E-state index contributed by atoms with van der Waals surface area (Å²) in [7, 11) is 3.06. The first kappa shape index (κ1) is 57.4. The van der Waals surface area contributed by atoms with Crippen LogP contribution in [0.4, 0.5) is 0 Å². The smallest absolute Gasteiger partial charge is 0.344 e. The van der Waals surface area contributed by atoms with E-state index in [-0.39, 0.29) is 48.9 Å². The zero-order valence-electron chi connectivity index (χ0n) is 41.7. The minimum absolute atomic E-state index is 0.0153. The molecule has 1 amide bonds. The second-order valence-electron chi connectivity index (χ2n) is 19.8. The Hall–Kier alpha value is -4.14. The topological polar surface area (TPSA) is 274 Å². The predicted molar refractivity (Wildman–Crippen MR) is 255 cm³/mol. The number of amides is 1. The maximum absolute atomic E-state index is 14.5. The number of carbonyl (C=O) groups excluding carboxylic acids is 4. The van der Waals surface area contributed by atoms with Gasteiger partial charge in [0, 0.05) is 57.4 Å². The van der Waals surface area contributed by atoms with Gasteiger partial charge in [-0.25, -0.2) is 9.59 Å². The van der Waals surface area contributed by atoms with Gasteiger partial charge in [0.05, 0.1) is 30.1 Å². The molecule has 4 rings (SSSR count). The average Bonchev–Trinajstić information content (AvgIpc) is 3.32. The number of fused-ring (bicyclic) bond motifs is 3. The molecule has 2 bridgehead atoms.